The topological polar surface area (TPSA) is 38.1 Å². The van der Waals surface area contributed by atoms with Crippen molar-refractivity contribution in [1.82, 2.24) is 9.55 Å². The van der Waals surface area contributed by atoms with Crippen molar-refractivity contribution in [2.45, 2.75) is 37.7 Å². The molecule has 4 heterocycles. The lowest BCUT2D eigenvalue weighted by Gasteiger charge is -2.60. The van der Waals surface area contributed by atoms with Gasteiger partial charge in [0.25, 0.3) is 0 Å². The summed E-state index contributed by atoms with van der Waals surface area (Å²) in [4.78, 5) is 5.76. The molecule has 0 radical (unpaired) electrons. The van der Waals surface area contributed by atoms with Crippen LogP contribution in [0, 0.1) is 5.92 Å². The Hall–Kier alpha value is -1.24. The Kier molecular flexibility index (Phi) is 4.25. The van der Waals surface area contributed by atoms with E-state index in [1.54, 1.807) is 0 Å². The predicted molar refractivity (Wildman–Crippen MR) is 109 cm³/mol. The third kappa shape index (κ3) is 3.16. The molecule has 1 N–H and O–H groups in total. The molecule has 3 aliphatic rings. The highest BCUT2D eigenvalue weighted by atomic mass is 32.1. The van der Waals surface area contributed by atoms with E-state index < -0.39 is 5.60 Å². The van der Waals surface area contributed by atoms with Crippen LogP contribution in [0.4, 0.5) is 0 Å². The quantitative estimate of drug-likeness (QED) is 0.651. The lowest BCUT2D eigenvalue weighted by molar-refractivity contribution is -0.846. The van der Waals surface area contributed by atoms with Crippen LogP contribution in [0.2, 0.25) is 0 Å². The molecule has 1 unspecified atom stereocenters. The summed E-state index contributed by atoms with van der Waals surface area (Å²) in [6.07, 6.45) is 4.85. The molecule has 4 nitrogen and oxygen atoms in total. The molecule has 6 heteroatoms. The summed E-state index contributed by atoms with van der Waals surface area (Å²) in [6.45, 7) is 3.67. The Labute approximate surface area is 155 Å². The van der Waals surface area contributed by atoms with E-state index in [2.05, 4.69) is 23.7 Å². The normalized spacial score (nSPS) is 31.6. The van der Waals surface area contributed by atoms with E-state index in [9.17, 15) is 5.11 Å². The van der Waals surface area contributed by atoms with E-state index in [-0.39, 0.29) is 7.98 Å². The minimum atomic E-state index is -0.464. The molecule has 2 aromatic rings. The molecule has 2 bridgehead atoms. The van der Waals surface area contributed by atoms with E-state index in [4.69, 9.17) is 17.2 Å². The second-order valence-electron chi connectivity index (χ2n) is 7.45. The second-order valence-corrected chi connectivity index (χ2v) is 8.02. The third-order valence-corrected chi connectivity index (χ3v) is 6.27. The predicted octanol–water partition coefficient (Wildman–Crippen LogP) is 1.52. The van der Waals surface area contributed by atoms with E-state index in [1.165, 1.54) is 30.3 Å². The van der Waals surface area contributed by atoms with Crippen molar-refractivity contribution in [3.8, 4) is 0 Å². The first-order chi connectivity index (χ1) is 11.9. The van der Waals surface area contributed by atoms with E-state index in [1.807, 2.05) is 12.1 Å². The Morgan fingerprint density at radius 1 is 1.40 bits per heavy atom. The van der Waals surface area contributed by atoms with E-state index in [0.29, 0.717) is 5.92 Å². The minimum absolute atomic E-state index is 0.237. The highest BCUT2D eigenvalue weighted by molar-refractivity contribution is 7.80. The number of hydrogen-bond acceptors (Lipinski definition) is 3. The first-order valence-electron chi connectivity index (χ1n) is 8.92. The molecular weight excluding hydrogens is 329 g/mol. The molecule has 5 rings (SSSR count). The number of fused-ring (bicyclic) bond motifs is 4. The van der Waals surface area contributed by atoms with Gasteiger partial charge in [0.15, 0.2) is 7.98 Å². The summed E-state index contributed by atoms with van der Waals surface area (Å²) in [7, 11) is 2.30. The number of aryl methyl sites for hydroxylation is 1. The maximum Gasteiger partial charge on any atom is 0.169 e. The first-order valence-corrected chi connectivity index (χ1v) is 9.33. The number of rotatable bonds is 5. The number of imidazole rings is 1. The summed E-state index contributed by atoms with van der Waals surface area (Å²) in [5.74, 6) is 1.54. The first kappa shape index (κ1) is 17.2. The average molecular weight is 357 g/mol. The Morgan fingerprint density at radius 3 is 2.80 bits per heavy atom. The summed E-state index contributed by atoms with van der Waals surface area (Å²) in [6, 6.07) is 8.22. The van der Waals surface area contributed by atoms with Crippen molar-refractivity contribution < 1.29 is 9.50 Å². The van der Waals surface area contributed by atoms with Crippen LogP contribution in [0.3, 0.4) is 0 Å². The molecule has 1 atom stereocenters. The average Bonchev–Trinajstić information content (AvgIpc) is 2.89. The van der Waals surface area contributed by atoms with Crippen LogP contribution in [0.15, 0.2) is 24.3 Å². The van der Waals surface area contributed by atoms with Crippen LogP contribution in [0.1, 0.15) is 31.5 Å². The number of para-hydroxylation sites is 2. The standard InChI is InChI=1S/C19H28BN3OS/c1-22-17-5-3-2-4-16(17)21-18(22)12-15(25)6-9-19(24)13-23(20)10-7-14(19)8-11-23/h2-5,14,24H,6-13H2,1,20H3. The molecular formula is C19H28BN3OS. The Balaban J connectivity index is 1.41. The number of aromatic nitrogens is 2. The number of hydrogen-bond donors (Lipinski definition) is 1. The van der Waals surface area contributed by atoms with Gasteiger partial charge in [-0.15, -0.1) is 0 Å². The van der Waals surface area contributed by atoms with Crippen LogP contribution >= 0.6 is 12.2 Å². The Morgan fingerprint density at radius 2 is 2.12 bits per heavy atom. The third-order valence-electron chi connectivity index (χ3n) is 5.92. The molecule has 0 spiro atoms. The number of piperidine rings is 3. The molecule has 1 aromatic carbocycles. The van der Waals surface area contributed by atoms with Crippen LogP contribution < -0.4 is 0 Å². The largest absolute Gasteiger partial charge is 0.520 e. The highest BCUT2D eigenvalue weighted by Gasteiger charge is 2.49. The molecule has 0 aliphatic carbocycles. The molecule has 3 aliphatic heterocycles. The fourth-order valence-corrected chi connectivity index (χ4v) is 4.63. The summed E-state index contributed by atoms with van der Waals surface area (Å²) in [5, 5.41) is 11.3. The van der Waals surface area contributed by atoms with Gasteiger partial charge in [0.05, 0.1) is 17.6 Å². The van der Waals surface area contributed by atoms with Crippen molar-refractivity contribution >= 4 is 36.1 Å². The molecule has 0 amide bonds. The van der Waals surface area contributed by atoms with E-state index >= 15 is 0 Å². The van der Waals surface area contributed by atoms with Gasteiger partial charge >= 0.3 is 0 Å². The number of aliphatic hydroxyl groups is 1. The van der Waals surface area contributed by atoms with Gasteiger partial charge in [-0.25, -0.2) is 4.98 Å². The zero-order valence-corrected chi connectivity index (χ0v) is 15.1. The fourth-order valence-electron chi connectivity index (χ4n) is 4.40. The monoisotopic (exact) mass is 357 g/mol. The van der Waals surface area contributed by atoms with Gasteiger partial charge in [-0.1, -0.05) is 24.4 Å². The van der Waals surface area contributed by atoms with Crippen molar-refractivity contribution in [1.29, 1.82) is 0 Å². The van der Waals surface area contributed by atoms with Crippen LogP contribution in [-0.2, 0) is 13.5 Å². The number of nitrogens with zero attached hydrogens (tertiary/aromatic N) is 3. The zero-order valence-electron chi connectivity index (χ0n) is 14.2. The van der Waals surface area contributed by atoms with E-state index in [0.717, 1.165) is 47.5 Å². The SMILES string of the molecule is [BH3-][N+]12CCC(CC1)C(O)(CCC(=S)Cc1nc3ccccc3n1C)C2. The summed E-state index contributed by atoms with van der Waals surface area (Å²) >= 11 is 5.68. The van der Waals surface area contributed by atoms with Gasteiger partial charge in [-0.05, 0) is 37.8 Å². The highest BCUT2D eigenvalue weighted by Crippen LogP contribution is 2.41. The fraction of sp³-hybridized carbons (Fsp3) is 0.579. The van der Waals surface area contributed by atoms with Gasteiger partial charge in [0.2, 0.25) is 0 Å². The van der Waals surface area contributed by atoms with Gasteiger partial charge in [0.1, 0.15) is 11.4 Å². The maximum absolute atomic E-state index is 11.3. The smallest absolute Gasteiger partial charge is 0.169 e. The lowest BCUT2D eigenvalue weighted by Crippen LogP contribution is -2.68. The van der Waals surface area contributed by atoms with Crippen molar-refractivity contribution in [2.24, 2.45) is 13.0 Å². The van der Waals surface area contributed by atoms with Gasteiger partial charge in [-0.3, -0.25) is 0 Å². The van der Waals surface area contributed by atoms with Crippen LogP contribution in [-0.4, -0.2) is 57.1 Å². The maximum atomic E-state index is 11.3. The molecule has 134 valence electrons. The number of thiocarbonyl (C=S) groups is 1. The zero-order chi connectivity index (χ0) is 17.7. The minimum Gasteiger partial charge on any atom is -0.520 e. The molecule has 0 saturated carbocycles. The molecule has 3 saturated heterocycles. The van der Waals surface area contributed by atoms with Gasteiger partial charge in [-0.2, -0.15) is 0 Å². The van der Waals surface area contributed by atoms with Crippen molar-refractivity contribution in [3.63, 3.8) is 0 Å². The Bertz CT molecular complexity index is 812. The lowest BCUT2D eigenvalue weighted by atomic mass is 9.69. The van der Waals surface area contributed by atoms with Gasteiger partial charge < -0.3 is 14.1 Å². The molecule has 1 aromatic heterocycles. The van der Waals surface area contributed by atoms with Crippen LogP contribution in [0.25, 0.3) is 11.0 Å². The van der Waals surface area contributed by atoms with Crippen LogP contribution in [0.5, 0.6) is 0 Å². The number of quaternary nitrogens is 1. The molecule has 3 fully saturated rings. The number of benzene rings is 1. The molecule has 25 heavy (non-hydrogen) atoms. The summed E-state index contributed by atoms with van der Waals surface area (Å²) < 4.78 is 3.43. The van der Waals surface area contributed by atoms with Crippen molar-refractivity contribution in [2.75, 3.05) is 19.6 Å². The summed E-state index contributed by atoms with van der Waals surface area (Å²) in [5.41, 5.74) is 1.72. The van der Waals surface area contributed by atoms with Gasteiger partial charge in [0, 0.05) is 37.3 Å². The van der Waals surface area contributed by atoms with Crippen molar-refractivity contribution in [3.05, 3.63) is 30.1 Å². The second kappa shape index (κ2) is 6.18.